The zero-order valence-electron chi connectivity index (χ0n) is 16.4. The SMILES string of the molecule is Cn1cc(-c2ccc(C3C(C4CC4)C(=O)N3c3ccc4[nH]cnc4c3)c(Cl)c2)cn1. The van der Waals surface area contributed by atoms with Crippen molar-refractivity contribution in [3.63, 3.8) is 0 Å². The number of H-pyrrole nitrogens is 1. The maximum atomic E-state index is 13.1. The van der Waals surface area contributed by atoms with Crippen molar-refractivity contribution in [2.75, 3.05) is 4.90 Å². The predicted octanol–water partition coefficient (Wildman–Crippen LogP) is 4.73. The fourth-order valence-corrected chi connectivity index (χ4v) is 4.93. The molecule has 2 aromatic heterocycles. The van der Waals surface area contributed by atoms with E-state index in [1.165, 1.54) is 0 Å². The Morgan fingerprint density at radius 1 is 1.13 bits per heavy atom. The molecule has 2 atom stereocenters. The van der Waals surface area contributed by atoms with E-state index in [2.05, 4.69) is 27.2 Å². The zero-order chi connectivity index (χ0) is 20.4. The van der Waals surface area contributed by atoms with Crippen molar-refractivity contribution in [1.82, 2.24) is 19.7 Å². The van der Waals surface area contributed by atoms with Crippen molar-refractivity contribution >= 4 is 34.2 Å². The standard InChI is InChI=1S/C23H20ClN5O/c1-28-11-15(10-27-28)14-4-6-17(18(24)8-14)22-21(13-2-3-13)23(30)29(22)16-5-7-19-20(9-16)26-12-25-19/h4-13,21-22H,2-3H2,1H3,(H,25,26). The quantitative estimate of drug-likeness (QED) is 0.488. The van der Waals surface area contributed by atoms with Gasteiger partial charge in [-0.25, -0.2) is 4.98 Å². The fraction of sp³-hybridized carbons (Fsp3) is 0.261. The number of aryl methyl sites for hydroxylation is 1. The Hall–Kier alpha value is -3.12. The lowest BCUT2D eigenvalue weighted by atomic mass is 9.78. The molecule has 2 aromatic carbocycles. The molecule has 1 amide bonds. The van der Waals surface area contributed by atoms with Crippen LogP contribution in [0.5, 0.6) is 0 Å². The number of carbonyl (C=O) groups excluding carboxylic acids is 1. The van der Waals surface area contributed by atoms with Gasteiger partial charge in [-0.15, -0.1) is 0 Å². The van der Waals surface area contributed by atoms with Crippen LogP contribution in [0.15, 0.2) is 55.1 Å². The van der Waals surface area contributed by atoms with E-state index in [0.29, 0.717) is 10.9 Å². The molecule has 30 heavy (non-hydrogen) atoms. The van der Waals surface area contributed by atoms with E-state index >= 15 is 0 Å². The van der Waals surface area contributed by atoms with Crippen molar-refractivity contribution in [2.24, 2.45) is 18.9 Å². The molecule has 1 saturated carbocycles. The van der Waals surface area contributed by atoms with Crippen LogP contribution in [-0.2, 0) is 11.8 Å². The second-order valence-corrected chi connectivity index (χ2v) is 8.67. The summed E-state index contributed by atoms with van der Waals surface area (Å²) in [6.07, 6.45) is 7.70. The van der Waals surface area contributed by atoms with Crippen molar-refractivity contribution in [2.45, 2.75) is 18.9 Å². The monoisotopic (exact) mass is 417 g/mol. The van der Waals surface area contributed by atoms with Gasteiger partial charge in [-0.1, -0.05) is 23.7 Å². The number of amides is 1. The molecule has 0 spiro atoms. The molecule has 7 heteroatoms. The first-order valence-electron chi connectivity index (χ1n) is 10.1. The Kier molecular flexibility index (Phi) is 3.80. The number of rotatable bonds is 4. The van der Waals surface area contributed by atoms with Crippen LogP contribution in [0.4, 0.5) is 5.69 Å². The lowest BCUT2D eigenvalue weighted by Crippen LogP contribution is -2.56. The Labute approximate surface area is 178 Å². The van der Waals surface area contributed by atoms with E-state index in [1.807, 2.05) is 48.6 Å². The van der Waals surface area contributed by atoms with Crippen LogP contribution in [0.3, 0.4) is 0 Å². The first kappa shape index (κ1) is 17.7. The summed E-state index contributed by atoms with van der Waals surface area (Å²) >= 11 is 6.78. The zero-order valence-corrected chi connectivity index (χ0v) is 17.2. The molecule has 2 fully saturated rings. The van der Waals surface area contributed by atoms with Crippen LogP contribution in [0.25, 0.3) is 22.2 Å². The minimum absolute atomic E-state index is 0.00150. The molecule has 1 aliphatic heterocycles. The number of β-lactam (4-membered cyclic amide) rings is 1. The molecule has 4 aromatic rings. The smallest absolute Gasteiger partial charge is 0.233 e. The minimum atomic E-state index is -0.0446. The maximum Gasteiger partial charge on any atom is 0.233 e. The van der Waals surface area contributed by atoms with Gasteiger partial charge in [0.05, 0.1) is 35.5 Å². The first-order chi connectivity index (χ1) is 14.6. The number of aromatic amines is 1. The number of carbonyl (C=O) groups is 1. The number of hydrogen-bond acceptors (Lipinski definition) is 3. The number of imidazole rings is 1. The Bertz CT molecular complexity index is 1290. The highest BCUT2D eigenvalue weighted by Gasteiger charge is 2.55. The minimum Gasteiger partial charge on any atom is -0.345 e. The van der Waals surface area contributed by atoms with Gasteiger partial charge in [0.1, 0.15) is 0 Å². The highest BCUT2D eigenvalue weighted by atomic mass is 35.5. The summed E-state index contributed by atoms with van der Waals surface area (Å²) in [5.41, 5.74) is 5.73. The highest BCUT2D eigenvalue weighted by molar-refractivity contribution is 6.32. The highest BCUT2D eigenvalue weighted by Crippen LogP contribution is 2.55. The average Bonchev–Trinajstić information content (AvgIpc) is 3.26. The summed E-state index contributed by atoms with van der Waals surface area (Å²) in [5.74, 6) is 0.647. The van der Waals surface area contributed by atoms with E-state index in [9.17, 15) is 4.79 Å². The molecule has 0 bridgehead atoms. The topological polar surface area (TPSA) is 66.8 Å². The Morgan fingerprint density at radius 2 is 2.00 bits per heavy atom. The number of hydrogen-bond donors (Lipinski definition) is 1. The molecule has 6 nitrogen and oxygen atoms in total. The lowest BCUT2D eigenvalue weighted by molar-refractivity contribution is -0.131. The molecular formula is C23H20ClN5O. The van der Waals surface area contributed by atoms with E-state index in [-0.39, 0.29) is 17.9 Å². The van der Waals surface area contributed by atoms with Gasteiger partial charge >= 0.3 is 0 Å². The van der Waals surface area contributed by atoms with E-state index in [4.69, 9.17) is 11.6 Å². The number of anilines is 1. The van der Waals surface area contributed by atoms with Gasteiger partial charge in [-0.05, 0) is 54.2 Å². The van der Waals surface area contributed by atoms with Crippen molar-refractivity contribution < 1.29 is 4.79 Å². The van der Waals surface area contributed by atoms with Gasteiger partial charge in [0, 0.05) is 29.5 Å². The number of nitrogens with one attached hydrogen (secondary N) is 1. The number of aromatic nitrogens is 4. The Balaban J connectivity index is 1.41. The summed E-state index contributed by atoms with van der Waals surface area (Å²) in [5, 5.41) is 4.93. The second kappa shape index (κ2) is 6.44. The van der Waals surface area contributed by atoms with Gasteiger partial charge in [0.15, 0.2) is 0 Å². The van der Waals surface area contributed by atoms with Gasteiger partial charge < -0.3 is 9.88 Å². The summed E-state index contributed by atoms with van der Waals surface area (Å²) in [6, 6.07) is 12.0. The molecule has 6 rings (SSSR count). The average molecular weight is 418 g/mol. The number of fused-ring (bicyclic) bond motifs is 1. The summed E-state index contributed by atoms with van der Waals surface area (Å²) in [7, 11) is 1.90. The second-order valence-electron chi connectivity index (χ2n) is 8.26. The third-order valence-electron chi connectivity index (χ3n) is 6.31. The molecule has 2 unspecified atom stereocenters. The van der Waals surface area contributed by atoms with Crippen LogP contribution >= 0.6 is 11.6 Å². The van der Waals surface area contributed by atoms with Crippen LogP contribution < -0.4 is 4.90 Å². The number of halogens is 1. The summed E-state index contributed by atoms with van der Waals surface area (Å²) in [6.45, 7) is 0. The van der Waals surface area contributed by atoms with Crippen molar-refractivity contribution in [1.29, 1.82) is 0 Å². The van der Waals surface area contributed by atoms with Crippen LogP contribution in [0.2, 0.25) is 5.02 Å². The van der Waals surface area contributed by atoms with Crippen LogP contribution in [0, 0.1) is 11.8 Å². The normalized spacial score (nSPS) is 21.3. The molecule has 150 valence electrons. The summed E-state index contributed by atoms with van der Waals surface area (Å²) in [4.78, 5) is 22.5. The predicted molar refractivity (Wildman–Crippen MR) is 116 cm³/mol. The molecule has 1 aliphatic carbocycles. The van der Waals surface area contributed by atoms with Gasteiger partial charge in [0.2, 0.25) is 5.91 Å². The Morgan fingerprint density at radius 3 is 2.73 bits per heavy atom. The van der Waals surface area contributed by atoms with E-state index in [1.54, 1.807) is 11.0 Å². The third kappa shape index (κ3) is 2.67. The van der Waals surface area contributed by atoms with Crippen LogP contribution in [0.1, 0.15) is 24.4 Å². The van der Waals surface area contributed by atoms with Gasteiger partial charge in [-0.2, -0.15) is 5.10 Å². The first-order valence-corrected chi connectivity index (χ1v) is 10.5. The molecule has 2 aliphatic rings. The molecule has 3 heterocycles. The van der Waals surface area contributed by atoms with Gasteiger partial charge in [0.25, 0.3) is 0 Å². The molecule has 1 saturated heterocycles. The molecule has 1 N–H and O–H groups in total. The fourth-order valence-electron chi connectivity index (χ4n) is 4.63. The molecule has 0 radical (unpaired) electrons. The number of nitrogens with zero attached hydrogens (tertiary/aromatic N) is 4. The van der Waals surface area contributed by atoms with Crippen molar-refractivity contribution in [3.8, 4) is 11.1 Å². The molecular weight excluding hydrogens is 398 g/mol. The third-order valence-corrected chi connectivity index (χ3v) is 6.64. The number of benzene rings is 2. The summed E-state index contributed by atoms with van der Waals surface area (Å²) < 4.78 is 1.78. The van der Waals surface area contributed by atoms with E-state index < -0.39 is 0 Å². The van der Waals surface area contributed by atoms with E-state index in [0.717, 1.165) is 46.3 Å². The largest absolute Gasteiger partial charge is 0.345 e. The maximum absolute atomic E-state index is 13.1. The van der Waals surface area contributed by atoms with Crippen molar-refractivity contribution in [3.05, 3.63) is 65.7 Å². The lowest BCUT2D eigenvalue weighted by Gasteiger charge is -2.48. The van der Waals surface area contributed by atoms with Crippen LogP contribution in [-0.4, -0.2) is 25.7 Å². The van der Waals surface area contributed by atoms with Gasteiger partial charge in [-0.3, -0.25) is 9.48 Å².